The second-order valence-corrected chi connectivity index (χ2v) is 5.23. The molecule has 0 bridgehead atoms. The van der Waals surface area contributed by atoms with E-state index in [0.717, 1.165) is 5.56 Å². The molecule has 3 rings (SSSR count). The number of rotatable bonds is 1. The number of hydrogen-bond acceptors (Lipinski definition) is 2. The van der Waals surface area contributed by atoms with E-state index >= 15 is 0 Å². The molecule has 0 N–H and O–H groups in total. The molecule has 0 unspecified atom stereocenters. The van der Waals surface area contributed by atoms with Crippen LogP contribution in [0.25, 0.3) is 0 Å². The van der Waals surface area contributed by atoms with Crippen LogP contribution in [0.5, 0.6) is 0 Å². The van der Waals surface area contributed by atoms with Crippen LogP contribution in [0.2, 0.25) is 0 Å². The molecule has 2 fully saturated rings. The zero-order valence-electron chi connectivity index (χ0n) is 9.45. The fourth-order valence-electron chi connectivity index (χ4n) is 3.16. The van der Waals surface area contributed by atoms with Gasteiger partial charge in [-0.2, -0.15) is 5.26 Å². The van der Waals surface area contributed by atoms with E-state index in [-0.39, 0.29) is 0 Å². The Morgan fingerprint density at radius 1 is 1.19 bits per heavy atom. The molecular formula is C14H16N2. The summed E-state index contributed by atoms with van der Waals surface area (Å²) in [7, 11) is 0. The zero-order chi connectivity index (χ0) is 11.0. The van der Waals surface area contributed by atoms with Crippen LogP contribution in [0.3, 0.4) is 0 Å². The maximum atomic E-state index is 8.87. The average molecular weight is 212 g/mol. The number of hydrogen-bond donors (Lipinski definition) is 0. The monoisotopic (exact) mass is 212 g/mol. The summed E-state index contributed by atoms with van der Waals surface area (Å²) in [6, 6.07) is 10.2. The van der Waals surface area contributed by atoms with Gasteiger partial charge in [-0.1, -0.05) is 18.9 Å². The topological polar surface area (TPSA) is 27.0 Å². The fraction of sp³-hybridized carbons (Fsp3) is 0.500. The molecule has 82 valence electrons. The van der Waals surface area contributed by atoms with Crippen molar-refractivity contribution in [2.24, 2.45) is 5.41 Å². The number of benzene rings is 1. The highest BCUT2D eigenvalue weighted by atomic mass is 15.2. The lowest BCUT2D eigenvalue weighted by atomic mass is 9.78. The molecule has 1 aliphatic carbocycles. The first kappa shape index (κ1) is 9.72. The predicted molar refractivity (Wildman–Crippen MR) is 64.3 cm³/mol. The van der Waals surface area contributed by atoms with E-state index in [1.165, 1.54) is 44.5 Å². The van der Waals surface area contributed by atoms with Gasteiger partial charge in [0.25, 0.3) is 0 Å². The van der Waals surface area contributed by atoms with Crippen LogP contribution < -0.4 is 4.90 Å². The summed E-state index contributed by atoms with van der Waals surface area (Å²) in [5.41, 5.74) is 2.62. The summed E-state index contributed by atoms with van der Waals surface area (Å²) in [5.74, 6) is 0. The van der Waals surface area contributed by atoms with Crippen LogP contribution >= 0.6 is 0 Å². The Hall–Kier alpha value is -1.49. The van der Waals surface area contributed by atoms with E-state index in [2.05, 4.69) is 17.0 Å². The molecule has 1 heterocycles. The Labute approximate surface area is 96.5 Å². The minimum absolute atomic E-state index is 0.628. The Morgan fingerprint density at radius 3 is 2.62 bits per heavy atom. The molecule has 16 heavy (non-hydrogen) atoms. The van der Waals surface area contributed by atoms with E-state index < -0.39 is 0 Å². The van der Waals surface area contributed by atoms with Gasteiger partial charge in [-0.3, -0.25) is 0 Å². The second kappa shape index (κ2) is 3.52. The molecular weight excluding hydrogens is 196 g/mol. The first-order chi connectivity index (χ1) is 7.81. The third-order valence-electron chi connectivity index (χ3n) is 4.06. The molecule has 2 nitrogen and oxygen atoms in total. The number of nitriles is 1. The molecule has 1 aliphatic heterocycles. The summed E-state index contributed by atoms with van der Waals surface area (Å²) < 4.78 is 0. The lowest BCUT2D eigenvalue weighted by Gasteiger charge is -2.49. The van der Waals surface area contributed by atoms with Gasteiger partial charge in [0.05, 0.1) is 11.6 Å². The normalized spacial score (nSPS) is 21.8. The predicted octanol–water partition coefficient (Wildman–Crippen LogP) is 2.94. The highest BCUT2D eigenvalue weighted by molar-refractivity contribution is 5.54. The molecule has 0 radical (unpaired) electrons. The summed E-state index contributed by atoms with van der Waals surface area (Å²) in [6.07, 6.45) is 5.63. The van der Waals surface area contributed by atoms with Crippen molar-refractivity contribution in [3.63, 3.8) is 0 Å². The molecule has 2 aliphatic rings. The van der Waals surface area contributed by atoms with Gasteiger partial charge in [0.1, 0.15) is 0 Å². The first-order valence-corrected chi connectivity index (χ1v) is 6.07. The maximum Gasteiger partial charge on any atom is 0.0992 e. The van der Waals surface area contributed by atoms with Crippen molar-refractivity contribution in [2.45, 2.75) is 25.7 Å². The van der Waals surface area contributed by atoms with Gasteiger partial charge in [-0.05, 0) is 31.0 Å². The third kappa shape index (κ3) is 1.48. The molecule has 2 heteroatoms. The van der Waals surface area contributed by atoms with Gasteiger partial charge in [-0.15, -0.1) is 0 Å². The van der Waals surface area contributed by atoms with Crippen LogP contribution in [-0.4, -0.2) is 13.1 Å². The van der Waals surface area contributed by atoms with Crippen LogP contribution in [-0.2, 0) is 0 Å². The van der Waals surface area contributed by atoms with Gasteiger partial charge in [0.15, 0.2) is 0 Å². The van der Waals surface area contributed by atoms with Crippen molar-refractivity contribution >= 4 is 5.69 Å². The zero-order valence-corrected chi connectivity index (χ0v) is 9.45. The molecule has 1 saturated carbocycles. The van der Waals surface area contributed by atoms with Crippen molar-refractivity contribution in [2.75, 3.05) is 18.0 Å². The molecule has 1 aromatic carbocycles. The molecule has 0 aromatic heterocycles. The van der Waals surface area contributed by atoms with Crippen LogP contribution in [0, 0.1) is 16.7 Å². The number of anilines is 1. The van der Waals surface area contributed by atoms with Gasteiger partial charge >= 0.3 is 0 Å². The van der Waals surface area contributed by atoms with E-state index in [1.54, 1.807) is 0 Å². The summed E-state index contributed by atoms with van der Waals surface area (Å²) in [5, 5.41) is 8.87. The van der Waals surface area contributed by atoms with Crippen LogP contribution in [0.1, 0.15) is 31.2 Å². The van der Waals surface area contributed by atoms with Crippen molar-refractivity contribution in [3.05, 3.63) is 29.8 Å². The Bertz CT molecular complexity index is 430. The van der Waals surface area contributed by atoms with Crippen LogP contribution in [0.15, 0.2) is 24.3 Å². The minimum atomic E-state index is 0.628. The van der Waals surface area contributed by atoms with Crippen molar-refractivity contribution < 1.29 is 0 Å². The molecule has 1 aromatic rings. The van der Waals surface area contributed by atoms with Crippen molar-refractivity contribution in [1.29, 1.82) is 5.26 Å². The largest absolute Gasteiger partial charge is 0.370 e. The van der Waals surface area contributed by atoms with Gasteiger partial charge in [0.2, 0.25) is 0 Å². The first-order valence-electron chi connectivity index (χ1n) is 6.07. The van der Waals surface area contributed by atoms with E-state index in [1.807, 2.05) is 18.2 Å². The highest BCUT2D eigenvalue weighted by Gasteiger charge is 2.44. The average Bonchev–Trinajstić information content (AvgIpc) is 2.76. The maximum absolute atomic E-state index is 8.87. The van der Waals surface area contributed by atoms with Gasteiger partial charge in [-0.25, -0.2) is 0 Å². The summed E-state index contributed by atoms with van der Waals surface area (Å²) in [6.45, 7) is 2.39. The highest BCUT2D eigenvalue weighted by Crippen LogP contribution is 2.46. The van der Waals surface area contributed by atoms with Crippen LogP contribution in [0.4, 0.5) is 5.69 Å². The quantitative estimate of drug-likeness (QED) is 0.715. The van der Waals surface area contributed by atoms with E-state index in [0.29, 0.717) is 5.41 Å². The lowest BCUT2D eigenvalue weighted by molar-refractivity contribution is 0.222. The second-order valence-electron chi connectivity index (χ2n) is 5.23. The van der Waals surface area contributed by atoms with E-state index in [4.69, 9.17) is 5.26 Å². The third-order valence-corrected chi connectivity index (χ3v) is 4.06. The Kier molecular flexibility index (Phi) is 2.14. The summed E-state index contributed by atoms with van der Waals surface area (Å²) >= 11 is 0. The molecule has 0 amide bonds. The standard InChI is InChI=1S/C14H16N2/c15-9-12-4-3-5-13(8-12)16-10-14(11-16)6-1-2-7-14/h3-5,8H,1-2,6-7,10-11H2. The van der Waals surface area contributed by atoms with Gasteiger partial charge in [0, 0.05) is 24.2 Å². The van der Waals surface area contributed by atoms with Gasteiger partial charge < -0.3 is 4.90 Å². The molecule has 1 saturated heterocycles. The number of nitrogens with zero attached hydrogens (tertiary/aromatic N) is 2. The SMILES string of the molecule is N#Cc1cccc(N2CC3(CCCC3)C2)c1. The smallest absolute Gasteiger partial charge is 0.0992 e. The van der Waals surface area contributed by atoms with Crippen molar-refractivity contribution in [3.8, 4) is 6.07 Å². The Morgan fingerprint density at radius 2 is 1.94 bits per heavy atom. The Balaban J connectivity index is 1.74. The molecule has 0 atom stereocenters. The van der Waals surface area contributed by atoms with Crippen molar-refractivity contribution in [1.82, 2.24) is 0 Å². The lowest BCUT2D eigenvalue weighted by Crippen LogP contribution is -2.55. The fourth-order valence-corrected chi connectivity index (χ4v) is 3.16. The molecule has 1 spiro atoms. The van der Waals surface area contributed by atoms with E-state index in [9.17, 15) is 0 Å². The summed E-state index contributed by atoms with van der Waals surface area (Å²) in [4.78, 5) is 2.41. The minimum Gasteiger partial charge on any atom is -0.370 e.